The molecule has 0 saturated carbocycles. The van der Waals surface area contributed by atoms with Crippen LogP contribution in [0.5, 0.6) is 5.75 Å². The highest BCUT2D eigenvalue weighted by atomic mass is 16.7. The second-order valence-corrected chi connectivity index (χ2v) is 6.81. The van der Waals surface area contributed by atoms with Crippen LogP contribution in [0.2, 0.25) is 0 Å². The number of fused-ring (bicyclic) bond motifs is 1. The van der Waals surface area contributed by atoms with Crippen LogP contribution in [0, 0.1) is 5.92 Å². The van der Waals surface area contributed by atoms with Crippen molar-refractivity contribution in [2.75, 3.05) is 47.6 Å². The van der Waals surface area contributed by atoms with Gasteiger partial charge in [-0.25, -0.2) is 4.79 Å². The van der Waals surface area contributed by atoms with Gasteiger partial charge < -0.3 is 24.4 Å². The molecule has 2 heterocycles. The van der Waals surface area contributed by atoms with Gasteiger partial charge in [-0.05, 0) is 38.2 Å². The SMILES string of the molecule is COc1ccc2c(CCN(C)C)cn(C(=O)OCOC(=O)C3CNC3)c2c1. The van der Waals surface area contributed by atoms with Crippen molar-refractivity contribution in [3.63, 3.8) is 0 Å². The molecule has 0 aliphatic carbocycles. The molecule has 8 nitrogen and oxygen atoms in total. The largest absolute Gasteiger partial charge is 0.497 e. The first kappa shape index (κ1) is 19.2. The number of nitrogens with one attached hydrogen (secondary N) is 1. The highest BCUT2D eigenvalue weighted by molar-refractivity contribution is 5.92. The number of ether oxygens (including phenoxy) is 3. The van der Waals surface area contributed by atoms with Gasteiger partial charge in [0.05, 0.1) is 18.5 Å². The first-order valence-corrected chi connectivity index (χ1v) is 8.86. The number of carbonyl (C=O) groups is 2. The van der Waals surface area contributed by atoms with E-state index < -0.39 is 12.9 Å². The lowest BCUT2D eigenvalue weighted by molar-refractivity contribution is -0.158. The third-order valence-electron chi connectivity index (χ3n) is 4.62. The number of benzene rings is 1. The summed E-state index contributed by atoms with van der Waals surface area (Å²) in [5, 5.41) is 3.96. The van der Waals surface area contributed by atoms with E-state index in [1.54, 1.807) is 19.4 Å². The predicted octanol–water partition coefficient (Wildman–Crippen LogP) is 1.46. The maximum Gasteiger partial charge on any atom is 0.421 e. The zero-order valence-electron chi connectivity index (χ0n) is 15.9. The van der Waals surface area contributed by atoms with Crippen molar-refractivity contribution in [2.24, 2.45) is 5.92 Å². The monoisotopic (exact) mass is 375 g/mol. The van der Waals surface area contributed by atoms with Crippen LogP contribution in [0.3, 0.4) is 0 Å². The first-order chi connectivity index (χ1) is 13.0. The lowest BCUT2D eigenvalue weighted by Gasteiger charge is -2.24. The van der Waals surface area contributed by atoms with E-state index >= 15 is 0 Å². The van der Waals surface area contributed by atoms with E-state index in [2.05, 4.69) is 10.2 Å². The Bertz CT molecular complexity index is 826. The molecule has 0 atom stereocenters. The van der Waals surface area contributed by atoms with Gasteiger partial charge in [0.25, 0.3) is 0 Å². The molecule has 3 rings (SSSR count). The molecule has 0 radical (unpaired) electrons. The fourth-order valence-electron chi connectivity index (χ4n) is 2.88. The minimum absolute atomic E-state index is 0.155. The smallest absolute Gasteiger partial charge is 0.421 e. The lowest BCUT2D eigenvalue weighted by Crippen LogP contribution is -2.47. The summed E-state index contributed by atoms with van der Waals surface area (Å²) in [5.41, 5.74) is 1.73. The van der Waals surface area contributed by atoms with Crippen LogP contribution in [0.1, 0.15) is 5.56 Å². The molecule has 27 heavy (non-hydrogen) atoms. The van der Waals surface area contributed by atoms with Crippen LogP contribution in [-0.2, 0) is 20.7 Å². The van der Waals surface area contributed by atoms with Gasteiger partial charge in [0.15, 0.2) is 0 Å². The Morgan fingerprint density at radius 2 is 2.04 bits per heavy atom. The molecule has 1 aromatic heterocycles. The Kier molecular flexibility index (Phi) is 5.98. The standard InChI is InChI=1S/C19H25N3O5/c1-21(2)7-6-13-11-22(17-8-15(25-3)4-5-16(13)17)19(24)27-12-26-18(23)14-9-20-10-14/h4-5,8,11,14,20H,6-7,9-10,12H2,1-3H3. The van der Waals surface area contributed by atoms with Gasteiger partial charge >= 0.3 is 12.1 Å². The molecule has 1 fully saturated rings. The highest BCUT2D eigenvalue weighted by Gasteiger charge is 2.26. The van der Waals surface area contributed by atoms with Crippen molar-refractivity contribution >= 4 is 23.0 Å². The highest BCUT2D eigenvalue weighted by Crippen LogP contribution is 2.26. The molecule has 1 saturated heterocycles. The number of hydrogen-bond donors (Lipinski definition) is 1. The molecule has 1 aliphatic heterocycles. The summed E-state index contributed by atoms with van der Waals surface area (Å²) < 4.78 is 16.9. The third kappa shape index (κ3) is 4.40. The van der Waals surface area contributed by atoms with Gasteiger partial charge in [-0.1, -0.05) is 0 Å². The van der Waals surface area contributed by atoms with Crippen molar-refractivity contribution in [1.82, 2.24) is 14.8 Å². The number of nitrogens with zero attached hydrogens (tertiary/aromatic N) is 2. The molecule has 0 spiro atoms. The van der Waals surface area contributed by atoms with Gasteiger partial charge in [0.2, 0.25) is 6.79 Å². The number of likely N-dealkylation sites (N-methyl/N-ethyl adjacent to an activating group) is 1. The van der Waals surface area contributed by atoms with Crippen molar-refractivity contribution in [3.8, 4) is 5.75 Å². The molecule has 8 heteroatoms. The summed E-state index contributed by atoms with van der Waals surface area (Å²) in [5.74, 6) is 0.142. The number of esters is 1. The van der Waals surface area contributed by atoms with E-state index in [9.17, 15) is 9.59 Å². The van der Waals surface area contributed by atoms with Gasteiger partial charge in [-0.2, -0.15) is 0 Å². The Balaban J connectivity index is 1.74. The molecule has 1 aliphatic rings. The molecular weight excluding hydrogens is 350 g/mol. The zero-order valence-corrected chi connectivity index (χ0v) is 15.9. The maximum absolute atomic E-state index is 12.5. The van der Waals surface area contributed by atoms with Crippen molar-refractivity contribution in [2.45, 2.75) is 6.42 Å². The van der Waals surface area contributed by atoms with E-state index in [-0.39, 0.29) is 11.9 Å². The predicted molar refractivity (Wildman–Crippen MR) is 99.9 cm³/mol. The van der Waals surface area contributed by atoms with E-state index in [4.69, 9.17) is 14.2 Å². The third-order valence-corrected chi connectivity index (χ3v) is 4.62. The molecule has 146 valence electrons. The summed E-state index contributed by atoms with van der Waals surface area (Å²) in [6.07, 6.45) is 1.97. The van der Waals surface area contributed by atoms with E-state index in [1.165, 1.54) is 4.57 Å². The number of rotatable bonds is 7. The van der Waals surface area contributed by atoms with Gasteiger partial charge in [-0.15, -0.1) is 0 Å². The Morgan fingerprint density at radius 3 is 2.67 bits per heavy atom. The quantitative estimate of drug-likeness (QED) is 0.579. The second-order valence-electron chi connectivity index (χ2n) is 6.81. The average molecular weight is 375 g/mol. The fraction of sp³-hybridized carbons (Fsp3) is 0.474. The van der Waals surface area contributed by atoms with Crippen LogP contribution in [-0.4, -0.2) is 69.2 Å². The summed E-state index contributed by atoms with van der Waals surface area (Å²) >= 11 is 0. The molecule has 0 unspecified atom stereocenters. The molecular formula is C19H25N3O5. The summed E-state index contributed by atoms with van der Waals surface area (Å²) in [6, 6.07) is 5.60. The molecule has 2 aromatic rings. The number of hydrogen-bond acceptors (Lipinski definition) is 7. The summed E-state index contributed by atoms with van der Waals surface area (Å²) in [6.45, 7) is 1.66. The molecule has 1 aromatic carbocycles. The van der Waals surface area contributed by atoms with E-state index in [0.717, 1.165) is 23.9 Å². The normalized spacial score (nSPS) is 14.2. The first-order valence-electron chi connectivity index (χ1n) is 8.86. The zero-order chi connectivity index (χ0) is 19.4. The van der Waals surface area contributed by atoms with Gasteiger partial charge in [0.1, 0.15) is 5.75 Å². The summed E-state index contributed by atoms with van der Waals surface area (Å²) in [4.78, 5) is 26.3. The van der Waals surface area contributed by atoms with Crippen LogP contribution >= 0.6 is 0 Å². The van der Waals surface area contributed by atoms with Crippen molar-refractivity contribution in [1.29, 1.82) is 0 Å². The van der Waals surface area contributed by atoms with Crippen LogP contribution < -0.4 is 10.1 Å². The molecule has 1 N–H and O–H groups in total. The number of methoxy groups -OCH3 is 1. The Hall–Kier alpha value is -2.58. The van der Waals surface area contributed by atoms with Gasteiger partial charge in [-0.3, -0.25) is 9.36 Å². The van der Waals surface area contributed by atoms with Gasteiger partial charge in [0, 0.05) is 37.3 Å². The average Bonchev–Trinajstić information content (AvgIpc) is 2.96. The summed E-state index contributed by atoms with van der Waals surface area (Å²) in [7, 11) is 5.58. The lowest BCUT2D eigenvalue weighted by atomic mass is 10.0. The second kappa shape index (κ2) is 8.41. The van der Waals surface area contributed by atoms with Crippen LogP contribution in [0.15, 0.2) is 24.4 Å². The van der Waals surface area contributed by atoms with Crippen LogP contribution in [0.25, 0.3) is 10.9 Å². The Labute approximate surface area is 158 Å². The maximum atomic E-state index is 12.5. The molecule has 0 amide bonds. The molecule has 0 bridgehead atoms. The number of aromatic nitrogens is 1. The van der Waals surface area contributed by atoms with Crippen molar-refractivity contribution in [3.05, 3.63) is 30.0 Å². The van der Waals surface area contributed by atoms with E-state index in [0.29, 0.717) is 24.4 Å². The van der Waals surface area contributed by atoms with Crippen LogP contribution in [0.4, 0.5) is 4.79 Å². The minimum Gasteiger partial charge on any atom is -0.497 e. The minimum atomic E-state index is -0.594. The fourth-order valence-corrected chi connectivity index (χ4v) is 2.88. The van der Waals surface area contributed by atoms with Crippen molar-refractivity contribution < 1.29 is 23.8 Å². The Morgan fingerprint density at radius 1 is 1.26 bits per heavy atom. The topological polar surface area (TPSA) is 82.0 Å². The number of carbonyl (C=O) groups excluding carboxylic acids is 2. The van der Waals surface area contributed by atoms with E-state index in [1.807, 2.05) is 26.2 Å².